The quantitative estimate of drug-likeness (QED) is 0.821. The van der Waals surface area contributed by atoms with E-state index in [2.05, 4.69) is 24.0 Å². The van der Waals surface area contributed by atoms with E-state index in [0.717, 1.165) is 37.5 Å². The van der Waals surface area contributed by atoms with E-state index in [-0.39, 0.29) is 0 Å². The fourth-order valence-corrected chi connectivity index (χ4v) is 3.05. The van der Waals surface area contributed by atoms with E-state index >= 15 is 0 Å². The summed E-state index contributed by atoms with van der Waals surface area (Å²) in [6.07, 6.45) is 8.13. The highest BCUT2D eigenvalue weighted by Crippen LogP contribution is 2.32. The Kier molecular flexibility index (Phi) is 5.37. The number of hydrogen-bond donors (Lipinski definition) is 1. The Morgan fingerprint density at radius 1 is 1.26 bits per heavy atom. The molecule has 1 unspecified atom stereocenters. The van der Waals surface area contributed by atoms with Gasteiger partial charge in [-0.1, -0.05) is 31.8 Å². The minimum atomic E-state index is 0.544. The maximum absolute atomic E-state index is 5.67. The molecule has 4 heteroatoms. The molecular formula is C15H27N3O. The molecule has 1 atom stereocenters. The van der Waals surface area contributed by atoms with Crippen molar-refractivity contribution in [2.75, 3.05) is 6.54 Å². The van der Waals surface area contributed by atoms with Gasteiger partial charge < -0.3 is 10.3 Å². The van der Waals surface area contributed by atoms with Gasteiger partial charge in [0.2, 0.25) is 5.89 Å². The molecule has 0 spiro atoms. The van der Waals surface area contributed by atoms with Crippen molar-refractivity contribution >= 4 is 0 Å². The Balaban J connectivity index is 1.85. The normalized spacial score (nSPS) is 18.3. The first-order valence-electron chi connectivity index (χ1n) is 7.73. The maximum Gasteiger partial charge on any atom is 0.226 e. The van der Waals surface area contributed by atoms with Gasteiger partial charge in [-0.15, -0.1) is 0 Å². The van der Waals surface area contributed by atoms with Crippen molar-refractivity contribution in [1.29, 1.82) is 0 Å². The maximum atomic E-state index is 5.67. The summed E-state index contributed by atoms with van der Waals surface area (Å²) >= 11 is 0. The lowest BCUT2D eigenvalue weighted by Gasteiger charge is -2.18. The predicted octanol–water partition coefficient (Wildman–Crippen LogP) is 3.28. The van der Waals surface area contributed by atoms with Crippen LogP contribution in [-0.4, -0.2) is 16.7 Å². The summed E-state index contributed by atoms with van der Waals surface area (Å²) in [7, 11) is 0. The summed E-state index contributed by atoms with van der Waals surface area (Å²) in [5.74, 6) is 3.62. The van der Waals surface area contributed by atoms with E-state index in [0.29, 0.717) is 17.8 Å². The fourth-order valence-electron chi connectivity index (χ4n) is 3.05. The molecule has 0 aliphatic heterocycles. The topological polar surface area (TPSA) is 64.9 Å². The third-order valence-corrected chi connectivity index (χ3v) is 4.41. The predicted molar refractivity (Wildman–Crippen MR) is 75.8 cm³/mol. The van der Waals surface area contributed by atoms with E-state index in [1.165, 1.54) is 25.7 Å². The molecule has 1 aliphatic rings. The number of aryl methyl sites for hydroxylation is 1. The van der Waals surface area contributed by atoms with Crippen LogP contribution in [0.3, 0.4) is 0 Å². The molecule has 1 aliphatic carbocycles. The van der Waals surface area contributed by atoms with Crippen LogP contribution >= 0.6 is 0 Å². The van der Waals surface area contributed by atoms with Gasteiger partial charge in [-0.2, -0.15) is 4.98 Å². The molecule has 0 saturated heterocycles. The highest BCUT2D eigenvalue weighted by atomic mass is 16.5. The summed E-state index contributed by atoms with van der Waals surface area (Å²) in [4.78, 5) is 4.57. The Labute approximate surface area is 116 Å². The molecule has 1 saturated carbocycles. The fraction of sp³-hybridized carbons (Fsp3) is 0.867. The smallest absolute Gasteiger partial charge is 0.226 e. The summed E-state index contributed by atoms with van der Waals surface area (Å²) in [5, 5.41) is 4.16. The first-order valence-corrected chi connectivity index (χ1v) is 7.73. The van der Waals surface area contributed by atoms with Gasteiger partial charge in [0.25, 0.3) is 0 Å². The largest absolute Gasteiger partial charge is 0.339 e. The van der Waals surface area contributed by atoms with Crippen LogP contribution < -0.4 is 5.73 Å². The Hall–Kier alpha value is -0.900. The summed E-state index contributed by atoms with van der Waals surface area (Å²) in [6.45, 7) is 5.29. The van der Waals surface area contributed by atoms with Gasteiger partial charge in [-0.05, 0) is 44.1 Å². The number of rotatable bonds is 7. The van der Waals surface area contributed by atoms with Gasteiger partial charge in [0.05, 0.1) is 0 Å². The van der Waals surface area contributed by atoms with Gasteiger partial charge in [-0.3, -0.25) is 0 Å². The van der Waals surface area contributed by atoms with Crippen LogP contribution in [0.1, 0.15) is 70.0 Å². The zero-order valence-corrected chi connectivity index (χ0v) is 12.3. The zero-order valence-electron chi connectivity index (χ0n) is 12.3. The molecule has 2 N–H and O–H groups in total. The van der Waals surface area contributed by atoms with Gasteiger partial charge >= 0.3 is 0 Å². The zero-order chi connectivity index (χ0) is 13.7. The SMILES string of the molecule is CC(C)C(CCN)CCc1nc(C2CCCC2)no1. The van der Waals surface area contributed by atoms with Crippen LogP contribution in [0, 0.1) is 11.8 Å². The Morgan fingerprint density at radius 3 is 2.63 bits per heavy atom. The molecule has 1 aromatic rings. The Bertz CT molecular complexity index is 369. The highest BCUT2D eigenvalue weighted by molar-refractivity contribution is 4.98. The molecule has 4 nitrogen and oxygen atoms in total. The molecule has 0 aromatic carbocycles. The van der Waals surface area contributed by atoms with Crippen molar-refractivity contribution < 1.29 is 4.52 Å². The number of nitrogens with zero attached hydrogens (tertiary/aromatic N) is 2. The van der Waals surface area contributed by atoms with E-state index < -0.39 is 0 Å². The molecule has 108 valence electrons. The van der Waals surface area contributed by atoms with Crippen molar-refractivity contribution in [2.24, 2.45) is 17.6 Å². The molecule has 1 aromatic heterocycles. The molecule has 0 amide bonds. The molecule has 19 heavy (non-hydrogen) atoms. The van der Waals surface area contributed by atoms with E-state index in [1.807, 2.05) is 0 Å². The van der Waals surface area contributed by atoms with Crippen LogP contribution in [0.25, 0.3) is 0 Å². The highest BCUT2D eigenvalue weighted by Gasteiger charge is 2.22. The van der Waals surface area contributed by atoms with Crippen LogP contribution in [-0.2, 0) is 6.42 Å². The summed E-state index contributed by atoms with van der Waals surface area (Å²) in [5.41, 5.74) is 5.67. The standard InChI is InChI=1S/C15H27N3O/c1-11(2)12(9-10-16)7-8-14-17-15(18-19-14)13-5-3-4-6-13/h11-13H,3-10,16H2,1-2H3. The molecule has 1 fully saturated rings. The van der Waals surface area contributed by atoms with Crippen molar-refractivity contribution in [1.82, 2.24) is 10.1 Å². The van der Waals surface area contributed by atoms with Crippen LogP contribution in [0.5, 0.6) is 0 Å². The van der Waals surface area contributed by atoms with Crippen LogP contribution in [0.4, 0.5) is 0 Å². The first kappa shape index (κ1) is 14.5. The average Bonchev–Trinajstić information content (AvgIpc) is 3.04. The Morgan fingerprint density at radius 2 is 2.00 bits per heavy atom. The number of hydrogen-bond acceptors (Lipinski definition) is 4. The average molecular weight is 265 g/mol. The van der Waals surface area contributed by atoms with E-state index in [1.54, 1.807) is 0 Å². The number of aromatic nitrogens is 2. The second-order valence-electron chi connectivity index (χ2n) is 6.15. The van der Waals surface area contributed by atoms with Crippen molar-refractivity contribution in [3.63, 3.8) is 0 Å². The first-order chi connectivity index (χ1) is 9.20. The van der Waals surface area contributed by atoms with Gasteiger partial charge in [0.15, 0.2) is 5.82 Å². The van der Waals surface area contributed by atoms with Gasteiger partial charge in [0.1, 0.15) is 0 Å². The van der Waals surface area contributed by atoms with Crippen LogP contribution in [0.15, 0.2) is 4.52 Å². The second kappa shape index (κ2) is 7.04. The molecular weight excluding hydrogens is 238 g/mol. The molecule has 2 rings (SSSR count). The van der Waals surface area contributed by atoms with E-state index in [9.17, 15) is 0 Å². The van der Waals surface area contributed by atoms with Crippen LogP contribution in [0.2, 0.25) is 0 Å². The molecule has 0 radical (unpaired) electrons. The van der Waals surface area contributed by atoms with Crippen molar-refractivity contribution in [3.05, 3.63) is 11.7 Å². The third-order valence-electron chi connectivity index (χ3n) is 4.41. The molecule has 1 heterocycles. The summed E-state index contributed by atoms with van der Waals surface area (Å²) < 4.78 is 5.39. The lowest BCUT2D eigenvalue weighted by Crippen LogP contribution is -2.15. The summed E-state index contributed by atoms with van der Waals surface area (Å²) in [6, 6.07) is 0. The monoisotopic (exact) mass is 265 g/mol. The third kappa shape index (κ3) is 4.03. The van der Waals surface area contributed by atoms with Crippen molar-refractivity contribution in [3.8, 4) is 0 Å². The lowest BCUT2D eigenvalue weighted by molar-refractivity contribution is 0.312. The molecule has 0 bridgehead atoms. The van der Waals surface area contributed by atoms with Crippen molar-refractivity contribution in [2.45, 2.75) is 64.7 Å². The van der Waals surface area contributed by atoms with Gasteiger partial charge in [-0.25, -0.2) is 0 Å². The van der Waals surface area contributed by atoms with E-state index in [4.69, 9.17) is 10.3 Å². The number of nitrogens with two attached hydrogens (primary N) is 1. The second-order valence-corrected chi connectivity index (χ2v) is 6.15. The van der Waals surface area contributed by atoms with Gasteiger partial charge in [0, 0.05) is 12.3 Å². The lowest BCUT2D eigenvalue weighted by atomic mass is 9.88. The minimum Gasteiger partial charge on any atom is -0.339 e. The minimum absolute atomic E-state index is 0.544.